The van der Waals surface area contributed by atoms with Crippen LogP contribution in [0.15, 0.2) is 28.7 Å². The maximum Gasteiger partial charge on any atom is 0.241 e. The van der Waals surface area contributed by atoms with Gasteiger partial charge in [-0.05, 0) is 17.7 Å². The molecule has 0 bridgehead atoms. The largest absolute Gasteiger partial charge is 0.388 e. The van der Waals surface area contributed by atoms with Crippen molar-refractivity contribution < 1.29 is 13.9 Å². The van der Waals surface area contributed by atoms with E-state index in [-0.39, 0.29) is 0 Å². The number of alkyl halides is 2. The van der Waals surface area contributed by atoms with Crippen LogP contribution in [0.3, 0.4) is 0 Å². The maximum absolute atomic E-state index is 11.9. The normalized spacial score (nSPS) is 13.3. The van der Waals surface area contributed by atoms with Gasteiger partial charge in [-0.25, -0.2) is 8.78 Å². The molecular weight excluding hydrogens is 242 g/mol. The zero-order valence-electron chi connectivity index (χ0n) is 6.75. The van der Waals surface area contributed by atoms with Crippen molar-refractivity contribution in [1.29, 1.82) is 0 Å². The molecular formula is C9H9BrF2O. The number of halogens is 3. The van der Waals surface area contributed by atoms with Crippen LogP contribution in [0.5, 0.6) is 0 Å². The molecule has 4 heteroatoms. The molecule has 0 spiro atoms. The summed E-state index contributed by atoms with van der Waals surface area (Å²) in [5, 5.41) is 9.31. The third-order valence-corrected chi connectivity index (χ3v) is 2.13. The van der Waals surface area contributed by atoms with E-state index >= 15 is 0 Å². The Morgan fingerprint density at radius 1 is 1.38 bits per heavy atom. The van der Waals surface area contributed by atoms with Crippen molar-refractivity contribution in [2.24, 2.45) is 0 Å². The fourth-order valence-electron chi connectivity index (χ4n) is 1.02. The maximum atomic E-state index is 11.9. The fourth-order valence-corrected chi connectivity index (χ4v) is 1.44. The predicted molar refractivity (Wildman–Crippen MR) is 49.7 cm³/mol. The van der Waals surface area contributed by atoms with Crippen LogP contribution < -0.4 is 0 Å². The van der Waals surface area contributed by atoms with Gasteiger partial charge in [-0.2, -0.15) is 0 Å². The van der Waals surface area contributed by atoms with Crippen molar-refractivity contribution in [3.05, 3.63) is 34.3 Å². The standard InChI is InChI=1S/C9H9BrF2O/c10-7-3-1-2-6(4-7)8(13)5-9(11)12/h1-4,8-9,13H,5H2. The predicted octanol–water partition coefficient (Wildman–Crippen LogP) is 3.14. The summed E-state index contributed by atoms with van der Waals surface area (Å²) in [6.45, 7) is 0. The molecule has 1 atom stereocenters. The van der Waals surface area contributed by atoms with E-state index in [1.54, 1.807) is 24.3 Å². The van der Waals surface area contributed by atoms with E-state index in [9.17, 15) is 13.9 Å². The zero-order valence-corrected chi connectivity index (χ0v) is 8.34. The summed E-state index contributed by atoms with van der Waals surface area (Å²) in [4.78, 5) is 0. The van der Waals surface area contributed by atoms with Gasteiger partial charge in [0.25, 0.3) is 0 Å². The zero-order chi connectivity index (χ0) is 9.84. The van der Waals surface area contributed by atoms with Crippen molar-refractivity contribution in [2.45, 2.75) is 19.0 Å². The van der Waals surface area contributed by atoms with Gasteiger partial charge in [0.15, 0.2) is 0 Å². The monoisotopic (exact) mass is 250 g/mol. The van der Waals surface area contributed by atoms with Gasteiger partial charge in [0.2, 0.25) is 6.43 Å². The minimum Gasteiger partial charge on any atom is -0.388 e. The number of hydrogen-bond acceptors (Lipinski definition) is 1. The Kier molecular flexibility index (Phi) is 3.81. The second-order valence-corrected chi connectivity index (χ2v) is 3.61. The summed E-state index contributed by atoms with van der Waals surface area (Å²) in [6.07, 6.45) is -4.08. The molecule has 1 unspecified atom stereocenters. The first-order chi connectivity index (χ1) is 6.09. The molecule has 0 aliphatic heterocycles. The molecule has 1 rings (SSSR count). The number of rotatable bonds is 3. The third-order valence-electron chi connectivity index (χ3n) is 1.63. The molecule has 72 valence electrons. The van der Waals surface area contributed by atoms with Crippen LogP contribution in [0.25, 0.3) is 0 Å². The fraction of sp³-hybridized carbons (Fsp3) is 0.333. The SMILES string of the molecule is OC(CC(F)F)c1cccc(Br)c1. The molecule has 1 aromatic rings. The summed E-state index contributed by atoms with van der Waals surface area (Å²) < 4.78 is 24.6. The number of hydrogen-bond donors (Lipinski definition) is 1. The molecule has 0 aliphatic rings. The molecule has 0 heterocycles. The van der Waals surface area contributed by atoms with Crippen LogP contribution in [0, 0.1) is 0 Å². The Balaban J connectivity index is 2.71. The first-order valence-electron chi connectivity index (χ1n) is 3.81. The van der Waals surface area contributed by atoms with Gasteiger partial charge in [0.05, 0.1) is 6.10 Å². The Morgan fingerprint density at radius 2 is 2.08 bits per heavy atom. The highest BCUT2D eigenvalue weighted by molar-refractivity contribution is 9.10. The highest BCUT2D eigenvalue weighted by Crippen LogP contribution is 2.22. The van der Waals surface area contributed by atoms with E-state index in [1.807, 2.05) is 0 Å². The minimum absolute atomic E-state index is 0.509. The molecule has 0 fully saturated rings. The molecule has 1 nitrogen and oxygen atoms in total. The van der Waals surface area contributed by atoms with Crippen LogP contribution in [-0.4, -0.2) is 11.5 Å². The van der Waals surface area contributed by atoms with Gasteiger partial charge in [-0.1, -0.05) is 28.1 Å². The molecule has 0 saturated carbocycles. The Labute approximate surface area is 83.5 Å². The highest BCUT2D eigenvalue weighted by atomic mass is 79.9. The molecule has 0 amide bonds. The van der Waals surface area contributed by atoms with Gasteiger partial charge in [0.1, 0.15) is 0 Å². The van der Waals surface area contributed by atoms with E-state index in [1.165, 1.54) is 0 Å². The summed E-state index contributed by atoms with van der Waals surface area (Å²) >= 11 is 3.20. The van der Waals surface area contributed by atoms with Crippen molar-refractivity contribution >= 4 is 15.9 Å². The third kappa shape index (κ3) is 3.40. The second kappa shape index (κ2) is 4.67. The van der Waals surface area contributed by atoms with Gasteiger partial charge >= 0.3 is 0 Å². The van der Waals surface area contributed by atoms with Crippen LogP contribution in [0.1, 0.15) is 18.1 Å². The first kappa shape index (κ1) is 10.6. The molecule has 0 saturated heterocycles. The van der Waals surface area contributed by atoms with Gasteiger partial charge in [0, 0.05) is 10.9 Å². The van der Waals surface area contributed by atoms with Crippen molar-refractivity contribution in [1.82, 2.24) is 0 Å². The number of aliphatic hydroxyl groups excluding tert-OH is 1. The molecule has 1 N–H and O–H groups in total. The summed E-state index contributed by atoms with van der Waals surface area (Å²) in [6, 6.07) is 6.73. The van der Waals surface area contributed by atoms with Crippen LogP contribution in [0.2, 0.25) is 0 Å². The summed E-state index contributed by atoms with van der Waals surface area (Å²) in [7, 11) is 0. The summed E-state index contributed by atoms with van der Waals surface area (Å²) in [5.41, 5.74) is 0.509. The van der Waals surface area contributed by atoms with E-state index in [0.29, 0.717) is 5.56 Å². The number of aliphatic hydroxyl groups is 1. The van der Waals surface area contributed by atoms with E-state index in [0.717, 1.165) is 4.47 Å². The van der Waals surface area contributed by atoms with Gasteiger partial charge in [-0.15, -0.1) is 0 Å². The molecule has 1 aromatic carbocycles. The first-order valence-corrected chi connectivity index (χ1v) is 4.60. The lowest BCUT2D eigenvalue weighted by molar-refractivity contribution is 0.0611. The highest BCUT2D eigenvalue weighted by Gasteiger charge is 2.13. The topological polar surface area (TPSA) is 20.2 Å². The Hall–Kier alpha value is -0.480. The smallest absolute Gasteiger partial charge is 0.241 e. The van der Waals surface area contributed by atoms with E-state index in [2.05, 4.69) is 15.9 Å². The quantitative estimate of drug-likeness (QED) is 0.874. The molecule has 13 heavy (non-hydrogen) atoms. The lowest BCUT2D eigenvalue weighted by Crippen LogP contribution is -2.03. The van der Waals surface area contributed by atoms with Gasteiger partial charge in [-0.3, -0.25) is 0 Å². The van der Waals surface area contributed by atoms with Crippen molar-refractivity contribution in [3.63, 3.8) is 0 Å². The van der Waals surface area contributed by atoms with Crippen molar-refractivity contribution in [3.8, 4) is 0 Å². The lowest BCUT2D eigenvalue weighted by Gasteiger charge is -2.09. The second-order valence-electron chi connectivity index (χ2n) is 2.70. The van der Waals surface area contributed by atoms with E-state index in [4.69, 9.17) is 0 Å². The summed E-state index contributed by atoms with van der Waals surface area (Å²) in [5.74, 6) is 0. The Bertz CT molecular complexity index is 278. The Morgan fingerprint density at radius 3 is 2.62 bits per heavy atom. The lowest BCUT2D eigenvalue weighted by atomic mass is 10.1. The minimum atomic E-state index is -2.48. The van der Waals surface area contributed by atoms with E-state index < -0.39 is 19.0 Å². The molecule has 0 aliphatic carbocycles. The molecule has 0 aromatic heterocycles. The van der Waals surface area contributed by atoms with Crippen LogP contribution >= 0.6 is 15.9 Å². The van der Waals surface area contributed by atoms with Crippen LogP contribution in [0.4, 0.5) is 8.78 Å². The van der Waals surface area contributed by atoms with Gasteiger partial charge < -0.3 is 5.11 Å². The number of benzene rings is 1. The van der Waals surface area contributed by atoms with Crippen LogP contribution in [-0.2, 0) is 0 Å². The molecule has 0 radical (unpaired) electrons. The van der Waals surface area contributed by atoms with Crippen molar-refractivity contribution in [2.75, 3.05) is 0 Å². The average Bonchev–Trinajstić information content (AvgIpc) is 2.03. The average molecular weight is 251 g/mol.